The number of aromatic nitrogens is 2. The molecule has 0 saturated carbocycles. The van der Waals surface area contributed by atoms with Crippen LogP contribution in [0.1, 0.15) is 29.3 Å². The number of piperazine rings is 1. The Balaban J connectivity index is 1.61. The van der Waals surface area contributed by atoms with Gasteiger partial charge >= 0.3 is 0 Å². The number of carbonyl (C=O) groups is 1. The SMILES string of the molecule is Cc1nc(-c2c[nH]c(C(=O)N3CCN(CC(C)(C)O)CC3)c2)cs1. The molecule has 0 aromatic carbocycles. The largest absolute Gasteiger partial charge is 0.389 e. The highest BCUT2D eigenvalue weighted by molar-refractivity contribution is 7.09. The van der Waals surface area contributed by atoms with Gasteiger partial charge in [-0.25, -0.2) is 4.98 Å². The van der Waals surface area contributed by atoms with Crippen molar-refractivity contribution in [2.75, 3.05) is 32.7 Å². The summed E-state index contributed by atoms with van der Waals surface area (Å²) in [6.07, 6.45) is 1.84. The number of nitrogens with zero attached hydrogens (tertiary/aromatic N) is 3. The molecule has 0 aliphatic carbocycles. The van der Waals surface area contributed by atoms with E-state index < -0.39 is 5.60 Å². The summed E-state index contributed by atoms with van der Waals surface area (Å²) in [4.78, 5) is 24.2. The maximum absolute atomic E-state index is 12.7. The highest BCUT2D eigenvalue weighted by Gasteiger charge is 2.26. The number of hydrogen-bond donors (Lipinski definition) is 2. The molecule has 1 amide bonds. The lowest BCUT2D eigenvalue weighted by molar-refractivity contribution is 0.0177. The molecule has 130 valence electrons. The quantitative estimate of drug-likeness (QED) is 0.886. The van der Waals surface area contributed by atoms with E-state index in [4.69, 9.17) is 0 Å². The molecule has 3 heterocycles. The van der Waals surface area contributed by atoms with E-state index in [-0.39, 0.29) is 5.91 Å². The van der Waals surface area contributed by atoms with Gasteiger partial charge in [0.05, 0.1) is 16.3 Å². The van der Waals surface area contributed by atoms with Gasteiger partial charge in [0.25, 0.3) is 5.91 Å². The summed E-state index contributed by atoms with van der Waals surface area (Å²) in [5, 5.41) is 12.9. The smallest absolute Gasteiger partial charge is 0.270 e. The van der Waals surface area contributed by atoms with E-state index in [1.807, 2.05) is 43.3 Å². The molecule has 0 atom stereocenters. The number of aryl methyl sites for hydroxylation is 1. The number of β-amino-alcohol motifs (C(OH)–C–C–N with tert-alkyl or cyclic N) is 1. The van der Waals surface area contributed by atoms with Crippen LogP contribution < -0.4 is 0 Å². The van der Waals surface area contributed by atoms with Crippen LogP contribution in [0.25, 0.3) is 11.3 Å². The Labute approximate surface area is 146 Å². The minimum atomic E-state index is -0.702. The number of aromatic amines is 1. The zero-order valence-electron chi connectivity index (χ0n) is 14.4. The first kappa shape index (κ1) is 17.1. The van der Waals surface area contributed by atoms with Gasteiger partial charge in [-0.3, -0.25) is 9.69 Å². The molecular weight excluding hydrogens is 324 g/mol. The zero-order valence-corrected chi connectivity index (χ0v) is 15.2. The first-order chi connectivity index (χ1) is 11.3. The third kappa shape index (κ3) is 4.03. The fourth-order valence-corrected chi connectivity index (χ4v) is 3.61. The lowest BCUT2D eigenvalue weighted by atomic mass is 10.1. The van der Waals surface area contributed by atoms with Gasteiger partial charge in [0.2, 0.25) is 0 Å². The number of rotatable bonds is 4. The predicted molar refractivity (Wildman–Crippen MR) is 95.3 cm³/mol. The molecule has 0 bridgehead atoms. The highest BCUT2D eigenvalue weighted by atomic mass is 32.1. The van der Waals surface area contributed by atoms with E-state index in [1.54, 1.807) is 11.3 Å². The number of thiazole rings is 1. The molecule has 2 aromatic rings. The molecule has 2 aromatic heterocycles. The van der Waals surface area contributed by atoms with Gasteiger partial charge in [-0.05, 0) is 26.8 Å². The van der Waals surface area contributed by atoms with Crippen LogP contribution >= 0.6 is 11.3 Å². The molecular formula is C17H24N4O2S. The van der Waals surface area contributed by atoms with E-state index in [0.29, 0.717) is 25.3 Å². The lowest BCUT2D eigenvalue weighted by Gasteiger charge is -2.37. The molecule has 24 heavy (non-hydrogen) atoms. The van der Waals surface area contributed by atoms with Gasteiger partial charge in [-0.2, -0.15) is 0 Å². The lowest BCUT2D eigenvalue weighted by Crippen LogP contribution is -2.52. The molecule has 0 radical (unpaired) electrons. The monoisotopic (exact) mass is 348 g/mol. The molecule has 3 rings (SSSR count). The van der Waals surface area contributed by atoms with E-state index >= 15 is 0 Å². The van der Waals surface area contributed by atoms with Gasteiger partial charge in [0.15, 0.2) is 0 Å². The molecule has 1 aliphatic heterocycles. The van der Waals surface area contributed by atoms with Gasteiger partial charge in [-0.1, -0.05) is 0 Å². The van der Waals surface area contributed by atoms with Crippen LogP contribution in [-0.4, -0.2) is 69.1 Å². The summed E-state index contributed by atoms with van der Waals surface area (Å²) in [7, 11) is 0. The van der Waals surface area contributed by atoms with E-state index in [0.717, 1.165) is 29.4 Å². The summed E-state index contributed by atoms with van der Waals surface area (Å²) in [5.41, 5.74) is 1.75. The molecule has 0 spiro atoms. The highest BCUT2D eigenvalue weighted by Crippen LogP contribution is 2.23. The molecule has 0 unspecified atom stereocenters. The maximum atomic E-state index is 12.7. The van der Waals surface area contributed by atoms with E-state index in [1.165, 1.54) is 0 Å². The maximum Gasteiger partial charge on any atom is 0.270 e. The van der Waals surface area contributed by atoms with Gasteiger partial charge < -0.3 is 15.0 Å². The Morgan fingerprint density at radius 3 is 2.67 bits per heavy atom. The topological polar surface area (TPSA) is 72.5 Å². The number of nitrogens with one attached hydrogen (secondary N) is 1. The van der Waals surface area contributed by atoms with Crippen LogP contribution in [0.3, 0.4) is 0 Å². The Kier molecular flexibility index (Phi) is 4.76. The van der Waals surface area contributed by atoms with Crippen LogP contribution in [-0.2, 0) is 0 Å². The Morgan fingerprint density at radius 2 is 2.08 bits per heavy atom. The zero-order chi connectivity index (χ0) is 17.3. The number of aliphatic hydroxyl groups is 1. The molecule has 1 fully saturated rings. The second-order valence-electron chi connectivity index (χ2n) is 6.93. The summed E-state index contributed by atoms with van der Waals surface area (Å²) in [5.74, 6) is 0.0242. The summed E-state index contributed by atoms with van der Waals surface area (Å²) < 4.78 is 0. The molecule has 1 saturated heterocycles. The van der Waals surface area contributed by atoms with Crippen LogP contribution in [0.5, 0.6) is 0 Å². The van der Waals surface area contributed by atoms with Crippen molar-refractivity contribution in [3.8, 4) is 11.3 Å². The van der Waals surface area contributed by atoms with Crippen molar-refractivity contribution < 1.29 is 9.90 Å². The van der Waals surface area contributed by atoms with Crippen LogP contribution in [0, 0.1) is 6.92 Å². The third-order valence-corrected chi connectivity index (χ3v) is 4.87. The minimum absolute atomic E-state index is 0.0242. The second-order valence-corrected chi connectivity index (χ2v) is 8.00. The Morgan fingerprint density at radius 1 is 1.38 bits per heavy atom. The van der Waals surface area contributed by atoms with Gasteiger partial charge in [0, 0.05) is 49.9 Å². The summed E-state index contributed by atoms with van der Waals surface area (Å²) >= 11 is 1.60. The normalized spacial score (nSPS) is 16.6. The third-order valence-electron chi connectivity index (χ3n) is 4.10. The van der Waals surface area contributed by atoms with Gasteiger partial charge in [0.1, 0.15) is 5.69 Å². The van der Waals surface area contributed by atoms with Crippen LogP contribution in [0.15, 0.2) is 17.6 Å². The number of amides is 1. The first-order valence-corrected chi connectivity index (χ1v) is 9.05. The van der Waals surface area contributed by atoms with Crippen molar-refractivity contribution in [1.29, 1.82) is 0 Å². The van der Waals surface area contributed by atoms with E-state index in [2.05, 4.69) is 14.9 Å². The number of carbonyl (C=O) groups excluding carboxylic acids is 1. The Bertz CT molecular complexity index is 708. The first-order valence-electron chi connectivity index (χ1n) is 8.17. The Hall–Kier alpha value is -1.70. The fraction of sp³-hybridized carbons (Fsp3) is 0.529. The second kappa shape index (κ2) is 6.66. The predicted octanol–water partition coefficient (Wildman–Crippen LogP) is 1.98. The van der Waals surface area contributed by atoms with Crippen molar-refractivity contribution in [1.82, 2.24) is 19.8 Å². The average Bonchev–Trinajstić information content (AvgIpc) is 3.14. The van der Waals surface area contributed by atoms with Crippen LogP contribution in [0.2, 0.25) is 0 Å². The summed E-state index contributed by atoms with van der Waals surface area (Å²) in [6.45, 7) is 9.16. The van der Waals surface area contributed by atoms with Crippen molar-refractivity contribution in [2.24, 2.45) is 0 Å². The van der Waals surface area contributed by atoms with Crippen molar-refractivity contribution >= 4 is 17.2 Å². The summed E-state index contributed by atoms with van der Waals surface area (Å²) in [6, 6.07) is 1.88. The number of H-pyrrole nitrogens is 1. The van der Waals surface area contributed by atoms with E-state index in [9.17, 15) is 9.90 Å². The van der Waals surface area contributed by atoms with Crippen molar-refractivity contribution in [3.63, 3.8) is 0 Å². The van der Waals surface area contributed by atoms with Crippen molar-refractivity contribution in [3.05, 3.63) is 28.3 Å². The standard InChI is InChI=1S/C17H24N4O2S/c1-12-19-15(10-24-12)13-8-14(18-9-13)16(22)21-6-4-20(5-7-21)11-17(2,3)23/h8-10,18,23H,4-7,11H2,1-3H3. The van der Waals surface area contributed by atoms with Crippen molar-refractivity contribution in [2.45, 2.75) is 26.4 Å². The molecule has 6 nitrogen and oxygen atoms in total. The molecule has 2 N–H and O–H groups in total. The fourth-order valence-electron chi connectivity index (χ4n) is 2.99. The molecule has 7 heteroatoms. The average molecular weight is 348 g/mol. The minimum Gasteiger partial charge on any atom is -0.389 e. The van der Waals surface area contributed by atoms with Gasteiger partial charge in [-0.15, -0.1) is 11.3 Å². The molecule has 1 aliphatic rings. The number of hydrogen-bond acceptors (Lipinski definition) is 5. The van der Waals surface area contributed by atoms with Crippen LogP contribution in [0.4, 0.5) is 0 Å².